The van der Waals surface area contributed by atoms with E-state index in [0.717, 1.165) is 12.3 Å². The summed E-state index contributed by atoms with van der Waals surface area (Å²) in [6, 6.07) is 1.58. The molecule has 5 heteroatoms. The fourth-order valence-corrected chi connectivity index (χ4v) is 3.65. The number of fused-ring (bicyclic) bond motifs is 1. The van der Waals surface area contributed by atoms with Crippen molar-refractivity contribution in [1.82, 2.24) is 5.32 Å². The predicted octanol–water partition coefficient (Wildman–Crippen LogP) is 2.94. The van der Waals surface area contributed by atoms with Crippen LogP contribution in [0, 0.1) is 17.3 Å². The second-order valence-electron chi connectivity index (χ2n) is 7.00. The topological polar surface area (TPSA) is 68.5 Å². The third kappa shape index (κ3) is 3.19. The number of esters is 1. The zero-order valence-electron chi connectivity index (χ0n) is 13.6. The van der Waals surface area contributed by atoms with Crippen molar-refractivity contribution < 1.29 is 18.7 Å². The molecule has 1 heterocycles. The van der Waals surface area contributed by atoms with Crippen LogP contribution in [0.3, 0.4) is 0 Å². The van der Waals surface area contributed by atoms with Crippen molar-refractivity contribution in [1.29, 1.82) is 0 Å². The van der Waals surface area contributed by atoms with Crippen LogP contribution in [0.2, 0.25) is 0 Å². The number of hydrogen-bond acceptors (Lipinski definition) is 4. The Bertz CT molecular complexity index is 615. The van der Waals surface area contributed by atoms with Gasteiger partial charge in [-0.15, -0.1) is 0 Å². The lowest BCUT2D eigenvalue weighted by atomic mass is 9.49. The molecule has 1 N–H and O–H groups in total. The molecule has 2 atom stereocenters. The van der Waals surface area contributed by atoms with Crippen molar-refractivity contribution >= 4 is 11.9 Å². The van der Waals surface area contributed by atoms with Gasteiger partial charge in [0.25, 0.3) is 5.91 Å². The van der Waals surface area contributed by atoms with Crippen LogP contribution in [0.4, 0.5) is 0 Å². The number of carbonyl (C=O) groups is 2. The Balaban J connectivity index is 1.37. The number of rotatable bonds is 6. The number of nitrogens with one attached hydrogen (secondary N) is 1. The van der Waals surface area contributed by atoms with E-state index < -0.39 is 0 Å². The smallest absolute Gasteiger partial charge is 0.307 e. The van der Waals surface area contributed by atoms with E-state index >= 15 is 0 Å². The fourth-order valence-electron chi connectivity index (χ4n) is 3.65. The fraction of sp³-hybridized carbons (Fsp3) is 0.556. The summed E-state index contributed by atoms with van der Waals surface area (Å²) in [6.07, 6.45) is 7.53. The van der Waals surface area contributed by atoms with Crippen LogP contribution in [-0.4, -0.2) is 25.0 Å². The minimum absolute atomic E-state index is 0.174. The summed E-state index contributed by atoms with van der Waals surface area (Å²) in [5.41, 5.74) is 2.05. The van der Waals surface area contributed by atoms with E-state index in [4.69, 9.17) is 9.15 Å². The standard InChI is InChI=1S/C18H23NO4/c1-18(2)14-4-3-12(15(18)9-14)11-23-16(20)5-7-19-17(21)13-6-8-22-10-13/h3,6,8,10,14-15H,4-5,7,9,11H2,1-2H3,(H,19,21)/t14-,15-/m0/s1. The Hall–Kier alpha value is -2.04. The maximum atomic E-state index is 11.8. The molecule has 1 fully saturated rings. The van der Waals surface area contributed by atoms with Crippen molar-refractivity contribution in [2.45, 2.75) is 33.1 Å². The number of furan rings is 1. The molecular formula is C18H23NO4. The summed E-state index contributed by atoms with van der Waals surface area (Å²) < 4.78 is 10.2. The van der Waals surface area contributed by atoms with Crippen LogP contribution in [-0.2, 0) is 9.53 Å². The first-order chi connectivity index (χ1) is 11.0. The summed E-state index contributed by atoms with van der Waals surface area (Å²) >= 11 is 0. The Morgan fingerprint density at radius 2 is 2.26 bits per heavy atom. The molecule has 3 aliphatic rings. The van der Waals surface area contributed by atoms with Gasteiger partial charge in [0.1, 0.15) is 12.9 Å². The van der Waals surface area contributed by atoms with Gasteiger partial charge in [0.05, 0.1) is 18.2 Å². The van der Waals surface area contributed by atoms with Crippen molar-refractivity contribution in [3.63, 3.8) is 0 Å². The molecule has 0 unspecified atom stereocenters. The zero-order valence-corrected chi connectivity index (χ0v) is 13.6. The molecule has 0 spiro atoms. The van der Waals surface area contributed by atoms with E-state index in [1.54, 1.807) is 6.07 Å². The summed E-state index contributed by atoms with van der Waals surface area (Å²) in [7, 11) is 0. The summed E-state index contributed by atoms with van der Waals surface area (Å²) in [5, 5.41) is 2.67. The summed E-state index contributed by atoms with van der Waals surface area (Å²) in [6.45, 7) is 5.24. The molecule has 0 aromatic carbocycles. The lowest BCUT2D eigenvalue weighted by molar-refractivity contribution is -0.143. The summed E-state index contributed by atoms with van der Waals surface area (Å²) in [5.74, 6) is 0.807. The van der Waals surface area contributed by atoms with Gasteiger partial charge in [-0.3, -0.25) is 9.59 Å². The van der Waals surface area contributed by atoms with Gasteiger partial charge >= 0.3 is 5.97 Å². The first-order valence-electron chi connectivity index (χ1n) is 8.13. The van der Waals surface area contributed by atoms with Crippen LogP contribution in [0.15, 0.2) is 34.7 Å². The highest BCUT2D eigenvalue weighted by Crippen LogP contribution is 2.59. The highest BCUT2D eigenvalue weighted by molar-refractivity contribution is 5.93. The second kappa shape index (κ2) is 6.22. The van der Waals surface area contributed by atoms with Gasteiger partial charge in [0.2, 0.25) is 0 Å². The Labute approximate surface area is 136 Å². The Kier molecular flexibility index (Phi) is 4.28. The molecule has 2 bridgehead atoms. The zero-order chi connectivity index (χ0) is 16.4. The molecule has 1 amide bonds. The molecule has 5 nitrogen and oxygen atoms in total. The lowest BCUT2D eigenvalue weighted by Gasteiger charge is -2.56. The second-order valence-corrected chi connectivity index (χ2v) is 7.00. The van der Waals surface area contributed by atoms with E-state index in [1.165, 1.54) is 24.5 Å². The van der Waals surface area contributed by atoms with Crippen molar-refractivity contribution in [2.24, 2.45) is 17.3 Å². The third-order valence-corrected chi connectivity index (χ3v) is 5.38. The maximum Gasteiger partial charge on any atom is 0.307 e. The largest absolute Gasteiger partial charge is 0.472 e. The maximum absolute atomic E-state index is 11.8. The van der Waals surface area contributed by atoms with Gasteiger partial charge in [-0.1, -0.05) is 19.9 Å². The van der Waals surface area contributed by atoms with Gasteiger partial charge in [-0.25, -0.2) is 0 Å². The molecule has 0 aliphatic heterocycles. The molecule has 0 saturated heterocycles. The van der Waals surface area contributed by atoms with Gasteiger partial charge in [0, 0.05) is 6.54 Å². The van der Waals surface area contributed by atoms with E-state index in [1.807, 2.05) is 0 Å². The molecule has 3 aliphatic carbocycles. The molecule has 4 rings (SSSR count). The van der Waals surface area contributed by atoms with Gasteiger partial charge in [0.15, 0.2) is 0 Å². The molecule has 1 aromatic rings. The SMILES string of the molecule is CC1(C)[C@H]2CC=C(COC(=O)CCNC(=O)c3ccoc3)[C@@H]1C2. The van der Waals surface area contributed by atoms with Crippen LogP contribution < -0.4 is 5.32 Å². The number of hydrogen-bond donors (Lipinski definition) is 1. The van der Waals surface area contributed by atoms with Crippen LogP contribution in [0.5, 0.6) is 0 Å². The van der Waals surface area contributed by atoms with Gasteiger partial charge < -0.3 is 14.5 Å². The van der Waals surface area contributed by atoms with Gasteiger partial charge in [-0.2, -0.15) is 0 Å². The quantitative estimate of drug-likeness (QED) is 0.647. The van der Waals surface area contributed by atoms with E-state index in [2.05, 4.69) is 25.2 Å². The Morgan fingerprint density at radius 3 is 2.91 bits per heavy atom. The molecule has 23 heavy (non-hydrogen) atoms. The van der Waals surface area contributed by atoms with E-state index in [-0.39, 0.29) is 24.8 Å². The van der Waals surface area contributed by atoms with E-state index in [0.29, 0.717) is 23.5 Å². The molecule has 124 valence electrons. The molecule has 1 aromatic heterocycles. The average molecular weight is 317 g/mol. The minimum atomic E-state index is -0.280. The monoisotopic (exact) mass is 317 g/mol. The Morgan fingerprint density at radius 1 is 1.43 bits per heavy atom. The van der Waals surface area contributed by atoms with E-state index in [9.17, 15) is 9.59 Å². The third-order valence-electron chi connectivity index (χ3n) is 5.38. The van der Waals surface area contributed by atoms with Crippen molar-refractivity contribution in [2.75, 3.05) is 13.2 Å². The normalized spacial score (nSPS) is 24.3. The molecular weight excluding hydrogens is 294 g/mol. The lowest BCUT2D eigenvalue weighted by Crippen LogP contribution is -2.48. The average Bonchev–Trinajstić information content (AvgIpc) is 3.07. The molecule has 1 saturated carbocycles. The highest BCUT2D eigenvalue weighted by Gasteiger charge is 2.51. The predicted molar refractivity (Wildman–Crippen MR) is 84.7 cm³/mol. The number of amides is 1. The van der Waals surface area contributed by atoms with Crippen LogP contribution in [0.25, 0.3) is 0 Å². The van der Waals surface area contributed by atoms with Crippen LogP contribution in [0.1, 0.15) is 43.5 Å². The van der Waals surface area contributed by atoms with Gasteiger partial charge in [-0.05, 0) is 41.7 Å². The summed E-state index contributed by atoms with van der Waals surface area (Å²) in [4.78, 5) is 23.5. The first kappa shape index (κ1) is 15.8. The number of allylic oxidation sites excluding steroid dienone is 1. The number of carbonyl (C=O) groups excluding carboxylic acids is 2. The van der Waals surface area contributed by atoms with Crippen LogP contribution >= 0.6 is 0 Å². The highest BCUT2D eigenvalue weighted by atomic mass is 16.5. The number of ether oxygens (including phenoxy) is 1. The van der Waals surface area contributed by atoms with Crippen molar-refractivity contribution in [3.05, 3.63) is 35.8 Å². The van der Waals surface area contributed by atoms with Crippen molar-refractivity contribution in [3.8, 4) is 0 Å². The first-order valence-corrected chi connectivity index (χ1v) is 8.13. The minimum Gasteiger partial charge on any atom is -0.472 e. The molecule has 0 radical (unpaired) electrons.